The predicted molar refractivity (Wildman–Crippen MR) is 147 cm³/mol. The lowest BCUT2D eigenvalue weighted by Gasteiger charge is -2.15. The molecular formula is C24H42N6O12. The zero-order valence-corrected chi connectivity index (χ0v) is 24.3. The van der Waals surface area contributed by atoms with E-state index < -0.39 is 35.3 Å². The molecule has 18 nitrogen and oxygen atoms in total. The highest BCUT2D eigenvalue weighted by Crippen LogP contribution is 1.87. The molecule has 0 aliphatic rings. The Kier molecular flexibility index (Phi) is 18.7. The number of alkyl carbamates (subject to hydrolysis) is 3. The summed E-state index contributed by atoms with van der Waals surface area (Å²) in [6.07, 6.45) is -2.36. The summed E-state index contributed by atoms with van der Waals surface area (Å²) in [5, 5.41) is 7.34. The topological polar surface area (TPSA) is 209 Å². The highest BCUT2D eigenvalue weighted by Gasteiger charge is 2.17. The molecule has 0 atom stereocenters. The number of amides is 3. The normalized spacial score (nSPS) is 10.6. The largest absolute Gasteiger partial charge is 0.448 e. The van der Waals surface area contributed by atoms with Crippen LogP contribution >= 0.6 is 0 Å². The molecule has 3 amide bonds. The van der Waals surface area contributed by atoms with Crippen molar-refractivity contribution in [3.8, 4) is 0 Å². The van der Waals surface area contributed by atoms with E-state index in [1.807, 2.05) is 0 Å². The minimum absolute atomic E-state index is 0.197. The molecular weight excluding hydrogens is 564 g/mol. The van der Waals surface area contributed by atoms with Crippen molar-refractivity contribution in [2.75, 3.05) is 79.1 Å². The van der Waals surface area contributed by atoms with E-state index in [1.54, 1.807) is 20.8 Å². The number of ether oxygens (including phenoxy) is 6. The summed E-state index contributed by atoms with van der Waals surface area (Å²) in [6.45, 7) is 6.03. The maximum Gasteiger partial charge on any atom is 0.407 e. The van der Waals surface area contributed by atoms with E-state index in [4.69, 9.17) is 28.4 Å². The van der Waals surface area contributed by atoms with Crippen molar-refractivity contribution in [2.24, 2.45) is 0 Å². The third kappa shape index (κ3) is 14.1. The number of hydrogen-bond donors (Lipinski definition) is 3. The number of carbonyl (C=O) groups is 3. The quantitative estimate of drug-likeness (QED) is 0.107. The molecule has 0 bridgehead atoms. The van der Waals surface area contributed by atoms with Crippen molar-refractivity contribution < 1.29 is 42.8 Å². The Morgan fingerprint density at radius 3 is 1.00 bits per heavy atom. The molecule has 0 aliphatic heterocycles. The molecule has 0 saturated carbocycles. The molecule has 1 rings (SSSR count). The SMILES string of the molecule is CCOCCNC(=O)OCCn1c(=O)n(CCOC(=O)NCCOCC)c(=O)n(CCOC(=O)NCCOCC)c1=O. The van der Waals surface area contributed by atoms with Gasteiger partial charge in [-0.3, -0.25) is 0 Å². The molecule has 0 spiro atoms. The summed E-state index contributed by atoms with van der Waals surface area (Å²) in [7, 11) is 0. The fraction of sp³-hybridized carbons (Fsp3) is 0.750. The third-order valence-corrected chi connectivity index (χ3v) is 5.19. The van der Waals surface area contributed by atoms with Gasteiger partial charge in [-0.05, 0) is 20.8 Å². The van der Waals surface area contributed by atoms with Gasteiger partial charge in [0.25, 0.3) is 0 Å². The highest BCUT2D eigenvalue weighted by molar-refractivity contribution is 5.67. The van der Waals surface area contributed by atoms with Crippen molar-refractivity contribution >= 4 is 18.3 Å². The van der Waals surface area contributed by atoms with Crippen LogP contribution in [0, 0.1) is 0 Å². The van der Waals surface area contributed by atoms with Gasteiger partial charge in [0, 0.05) is 39.5 Å². The Hall–Kier alpha value is -3.90. The molecule has 0 aromatic carbocycles. The average molecular weight is 607 g/mol. The van der Waals surface area contributed by atoms with E-state index >= 15 is 0 Å². The average Bonchev–Trinajstić information content (AvgIpc) is 2.97. The van der Waals surface area contributed by atoms with Gasteiger partial charge in [0.15, 0.2) is 0 Å². The number of rotatable bonds is 21. The maximum atomic E-state index is 13.0. The number of nitrogens with zero attached hydrogens (tertiary/aromatic N) is 3. The van der Waals surface area contributed by atoms with E-state index in [0.717, 1.165) is 0 Å². The third-order valence-electron chi connectivity index (χ3n) is 5.19. The Balaban J connectivity index is 2.95. The van der Waals surface area contributed by atoms with Gasteiger partial charge < -0.3 is 44.4 Å². The van der Waals surface area contributed by atoms with Crippen LogP contribution < -0.4 is 33.0 Å². The van der Waals surface area contributed by atoms with Crippen LogP contribution in [0.4, 0.5) is 14.4 Å². The van der Waals surface area contributed by atoms with E-state index in [9.17, 15) is 28.8 Å². The highest BCUT2D eigenvalue weighted by atomic mass is 16.6. The van der Waals surface area contributed by atoms with Crippen molar-refractivity contribution in [3.63, 3.8) is 0 Å². The van der Waals surface area contributed by atoms with Gasteiger partial charge in [-0.1, -0.05) is 0 Å². The van der Waals surface area contributed by atoms with Gasteiger partial charge >= 0.3 is 35.3 Å². The summed E-state index contributed by atoms with van der Waals surface area (Å²) < 4.78 is 32.4. The standard InChI is InChI=1S/C24H42N6O12/c1-4-37-13-7-25-19(31)40-16-10-28-22(34)29(11-17-41-20(32)26-8-14-38-5-2)24(36)30(23(28)35)12-18-42-21(33)27-9-15-39-6-3/h4-18H2,1-3H3,(H,25,31)(H,26,32)(H,27,33). The lowest BCUT2D eigenvalue weighted by molar-refractivity contribution is 0.121. The summed E-state index contributed by atoms with van der Waals surface area (Å²) >= 11 is 0. The Morgan fingerprint density at radius 2 is 0.762 bits per heavy atom. The van der Waals surface area contributed by atoms with Crippen LogP contribution in [0.3, 0.4) is 0 Å². The smallest absolute Gasteiger partial charge is 0.407 e. The molecule has 3 N–H and O–H groups in total. The number of nitrogens with one attached hydrogen (secondary N) is 3. The van der Waals surface area contributed by atoms with E-state index in [1.165, 1.54) is 0 Å². The Bertz CT molecular complexity index is 964. The first-order valence-electron chi connectivity index (χ1n) is 13.7. The molecule has 0 fully saturated rings. The first-order chi connectivity index (χ1) is 20.3. The van der Waals surface area contributed by atoms with Crippen molar-refractivity contribution in [1.29, 1.82) is 0 Å². The maximum absolute atomic E-state index is 13.0. The lowest BCUT2D eigenvalue weighted by atomic mass is 10.5. The second-order valence-electron chi connectivity index (χ2n) is 8.08. The molecule has 0 saturated heterocycles. The zero-order valence-electron chi connectivity index (χ0n) is 24.3. The summed E-state index contributed by atoms with van der Waals surface area (Å²) in [6, 6.07) is 0. The zero-order chi connectivity index (χ0) is 31.2. The van der Waals surface area contributed by atoms with E-state index in [-0.39, 0.29) is 78.9 Å². The van der Waals surface area contributed by atoms with Crippen LogP contribution in [-0.2, 0) is 48.1 Å². The first kappa shape index (κ1) is 36.1. The molecule has 1 aromatic rings. The monoisotopic (exact) mass is 606 g/mol. The Labute approximate surface area is 242 Å². The molecule has 1 aromatic heterocycles. The van der Waals surface area contributed by atoms with Crippen molar-refractivity contribution in [2.45, 2.75) is 40.4 Å². The van der Waals surface area contributed by atoms with Gasteiger partial charge in [-0.15, -0.1) is 0 Å². The molecule has 0 unspecified atom stereocenters. The number of carbonyl (C=O) groups excluding carboxylic acids is 3. The second kappa shape index (κ2) is 21.8. The molecule has 0 aliphatic carbocycles. The molecule has 0 radical (unpaired) electrons. The minimum atomic E-state index is -1.00. The number of aromatic nitrogens is 3. The van der Waals surface area contributed by atoms with Crippen LogP contribution in [-0.4, -0.2) is 111 Å². The Morgan fingerprint density at radius 1 is 0.500 bits per heavy atom. The summed E-state index contributed by atoms with van der Waals surface area (Å²) in [5.74, 6) is 0. The predicted octanol–water partition coefficient (Wildman–Crippen LogP) is -1.54. The van der Waals surface area contributed by atoms with Crippen molar-refractivity contribution in [1.82, 2.24) is 29.7 Å². The fourth-order valence-electron chi connectivity index (χ4n) is 3.21. The molecule has 18 heteroatoms. The first-order valence-corrected chi connectivity index (χ1v) is 13.7. The lowest BCUT2D eigenvalue weighted by Crippen LogP contribution is -2.55. The van der Waals surface area contributed by atoms with Crippen LogP contribution in [0.15, 0.2) is 14.4 Å². The summed E-state index contributed by atoms with van der Waals surface area (Å²) in [4.78, 5) is 74.6. The van der Waals surface area contributed by atoms with Crippen LogP contribution in [0.1, 0.15) is 20.8 Å². The van der Waals surface area contributed by atoms with Crippen molar-refractivity contribution in [3.05, 3.63) is 31.5 Å². The molecule has 1 heterocycles. The van der Waals surface area contributed by atoms with Crippen LogP contribution in [0.2, 0.25) is 0 Å². The van der Waals surface area contributed by atoms with Gasteiger partial charge in [0.1, 0.15) is 19.8 Å². The van der Waals surface area contributed by atoms with E-state index in [2.05, 4.69) is 16.0 Å². The van der Waals surface area contributed by atoms with Gasteiger partial charge in [0.05, 0.1) is 39.5 Å². The van der Waals surface area contributed by atoms with Gasteiger partial charge in [-0.25, -0.2) is 42.5 Å². The minimum Gasteiger partial charge on any atom is -0.448 e. The summed E-state index contributed by atoms with van der Waals surface area (Å²) in [5.41, 5.74) is -3.01. The fourth-order valence-corrected chi connectivity index (χ4v) is 3.21. The van der Waals surface area contributed by atoms with Crippen LogP contribution in [0.5, 0.6) is 0 Å². The van der Waals surface area contributed by atoms with E-state index in [0.29, 0.717) is 33.5 Å². The number of hydrogen-bond acceptors (Lipinski definition) is 12. The second-order valence-corrected chi connectivity index (χ2v) is 8.08. The van der Waals surface area contributed by atoms with Gasteiger partial charge in [0.2, 0.25) is 0 Å². The molecule has 42 heavy (non-hydrogen) atoms. The van der Waals surface area contributed by atoms with Crippen LogP contribution in [0.25, 0.3) is 0 Å². The van der Waals surface area contributed by atoms with Gasteiger partial charge in [-0.2, -0.15) is 0 Å². The molecule has 240 valence electrons.